The number of aliphatic hydroxyl groups is 4. The quantitative estimate of drug-likeness (QED) is 0.226. The van der Waals surface area contributed by atoms with Crippen LogP contribution in [0, 0.1) is 23.7 Å². The van der Waals surface area contributed by atoms with Gasteiger partial charge < -0.3 is 44.3 Å². The number of likely N-dealkylation sites (N-methyl/N-ethyl adjacent to an activating group) is 1. The fraction of sp³-hybridized carbons (Fsp3) is 0.963. The van der Waals surface area contributed by atoms with Crippen LogP contribution in [0.3, 0.4) is 0 Å². The number of hydrogen-bond donors (Lipinski definition) is 4. The zero-order valence-corrected chi connectivity index (χ0v) is 23.9. The highest BCUT2D eigenvalue weighted by molar-refractivity contribution is 5.53. The Labute approximate surface area is 218 Å². The second-order valence-corrected chi connectivity index (χ2v) is 12.0. The lowest BCUT2D eigenvalue weighted by molar-refractivity contribution is -0.235. The van der Waals surface area contributed by atoms with Gasteiger partial charge in [0.15, 0.2) is 6.29 Å². The molecule has 0 aromatic rings. The normalized spacial score (nSPS) is 29.4. The molecule has 1 rings (SSSR count). The van der Waals surface area contributed by atoms with Gasteiger partial charge in [0.2, 0.25) is 0 Å². The summed E-state index contributed by atoms with van der Waals surface area (Å²) in [5.41, 5.74) is -2.36. The molecule has 1 saturated heterocycles. The highest BCUT2D eigenvalue weighted by Gasteiger charge is 2.38. The lowest BCUT2D eigenvalue weighted by atomic mass is 9.81. The van der Waals surface area contributed by atoms with Crippen molar-refractivity contribution in [1.82, 2.24) is 4.90 Å². The molecule has 0 aliphatic carbocycles. The van der Waals surface area contributed by atoms with Crippen molar-refractivity contribution in [2.45, 2.75) is 110 Å². The molecule has 0 spiro atoms. The van der Waals surface area contributed by atoms with Crippen molar-refractivity contribution in [2.75, 3.05) is 33.9 Å². The van der Waals surface area contributed by atoms with E-state index < -0.39 is 35.8 Å². The monoisotopic (exact) mass is 519 g/mol. The summed E-state index contributed by atoms with van der Waals surface area (Å²) < 4.78 is 16.9. The van der Waals surface area contributed by atoms with E-state index in [0.717, 1.165) is 6.29 Å². The maximum absolute atomic E-state index is 11.6. The molecular weight excluding hydrogens is 466 g/mol. The maximum Gasteiger partial charge on any atom is 0.158 e. The number of carbonyl (C=O) groups excluding carboxylic acids is 1. The van der Waals surface area contributed by atoms with Crippen molar-refractivity contribution < 1.29 is 39.4 Å². The van der Waals surface area contributed by atoms with E-state index in [1.165, 1.54) is 7.11 Å². The minimum Gasteiger partial charge on any atom is -0.390 e. The Morgan fingerprint density at radius 1 is 1.17 bits per heavy atom. The summed E-state index contributed by atoms with van der Waals surface area (Å²) in [7, 11) is 3.38. The van der Waals surface area contributed by atoms with Crippen LogP contribution in [-0.4, -0.2) is 107 Å². The molecule has 11 atom stereocenters. The molecule has 0 bridgehead atoms. The van der Waals surface area contributed by atoms with Gasteiger partial charge in [0, 0.05) is 32.0 Å². The smallest absolute Gasteiger partial charge is 0.158 e. The summed E-state index contributed by atoms with van der Waals surface area (Å²) in [6.07, 6.45) is -0.0313. The Bertz CT molecular complexity index is 645. The van der Waals surface area contributed by atoms with Gasteiger partial charge in [-0.1, -0.05) is 27.7 Å². The first kappa shape index (κ1) is 33.4. The van der Waals surface area contributed by atoms with Crippen LogP contribution in [0.4, 0.5) is 0 Å². The molecule has 9 nitrogen and oxygen atoms in total. The van der Waals surface area contributed by atoms with Gasteiger partial charge >= 0.3 is 0 Å². The third kappa shape index (κ3) is 10.3. The Morgan fingerprint density at radius 2 is 1.78 bits per heavy atom. The third-order valence-electron chi connectivity index (χ3n) is 7.65. The van der Waals surface area contributed by atoms with E-state index in [1.807, 2.05) is 46.6 Å². The lowest BCUT2D eigenvalue weighted by Gasteiger charge is -2.40. The Balaban J connectivity index is 2.73. The number of methoxy groups -OCH3 is 1. The SMILES string of the molecule is COC[C@@](C)(O)C(O)C(C)N(C)C[C@H](C)C[C@@](C)(O)C[C@@H](C)[C@H](O[C@H]1CC(C)[C@@H](O)CO1)[C@@H](C)C=O. The molecule has 1 heterocycles. The van der Waals surface area contributed by atoms with Gasteiger partial charge in [-0.3, -0.25) is 0 Å². The van der Waals surface area contributed by atoms with E-state index in [2.05, 4.69) is 0 Å². The van der Waals surface area contributed by atoms with Crippen LogP contribution in [0.5, 0.6) is 0 Å². The molecule has 3 unspecified atom stereocenters. The summed E-state index contributed by atoms with van der Waals surface area (Å²) in [4.78, 5) is 13.6. The van der Waals surface area contributed by atoms with Gasteiger partial charge in [0.1, 0.15) is 11.9 Å². The van der Waals surface area contributed by atoms with Crippen LogP contribution in [0.1, 0.15) is 67.7 Å². The van der Waals surface area contributed by atoms with Crippen molar-refractivity contribution in [3.8, 4) is 0 Å². The van der Waals surface area contributed by atoms with Crippen LogP contribution in [-0.2, 0) is 19.0 Å². The van der Waals surface area contributed by atoms with Crippen LogP contribution in [0.2, 0.25) is 0 Å². The molecule has 1 aliphatic heterocycles. The highest BCUT2D eigenvalue weighted by atomic mass is 16.7. The van der Waals surface area contributed by atoms with Gasteiger partial charge in [-0.2, -0.15) is 0 Å². The summed E-state index contributed by atoms with van der Waals surface area (Å²) >= 11 is 0. The Morgan fingerprint density at radius 3 is 2.31 bits per heavy atom. The van der Waals surface area contributed by atoms with E-state index in [4.69, 9.17) is 14.2 Å². The van der Waals surface area contributed by atoms with Crippen LogP contribution >= 0.6 is 0 Å². The number of aldehydes is 1. The molecule has 0 radical (unpaired) electrons. The molecule has 214 valence electrons. The number of carbonyl (C=O) groups is 1. The summed E-state index contributed by atoms with van der Waals surface area (Å²) in [6, 6.07) is -0.316. The van der Waals surface area contributed by atoms with Crippen LogP contribution < -0.4 is 0 Å². The number of nitrogens with zero attached hydrogens (tertiary/aromatic N) is 1. The summed E-state index contributed by atoms with van der Waals surface area (Å²) in [5.74, 6) is -0.328. The first-order chi connectivity index (χ1) is 16.5. The van der Waals surface area contributed by atoms with Crippen LogP contribution in [0.15, 0.2) is 0 Å². The molecule has 4 N–H and O–H groups in total. The highest BCUT2D eigenvalue weighted by Crippen LogP contribution is 2.32. The van der Waals surface area contributed by atoms with E-state index in [-0.39, 0.29) is 42.9 Å². The number of hydrogen-bond acceptors (Lipinski definition) is 9. The molecule has 1 fully saturated rings. The van der Waals surface area contributed by atoms with Crippen molar-refractivity contribution in [1.29, 1.82) is 0 Å². The summed E-state index contributed by atoms with van der Waals surface area (Å²) in [6.45, 7) is 13.9. The topological polar surface area (TPSA) is 129 Å². The van der Waals surface area contributed by atoms with Crippen molar-refractivity contribution >= 4 is 6.29 Å². The fourth-order valence-corrected chi connectivity index (χ4v) is 5.53. The number of aliphatic hydroxyl groups excluding tert-OH is 2. The molecule has 0 saturated carbocycles. The molecule has 36 heavy (non-hydrogen) atoms. The molecule has 9 heteroatoms. The second kappa shape index (κ2) is 14.5. The van der Waals surface area contributed by atoms with Crippen molar-refractivity contribution in [3.63, 3.8) is 0 Å². The van der Waals surface area contributed by atoms with Gasteiger partial charge in [0.25, 0.3) is 0 Å². The van der Waals surface area contributed by atoms with Gasteiger partial charge in [-0.05, 0) is 58.4 Å². The van der Waals surface area contributed by atoms with E-state index in [1.54, 1.807) is 13.8 Å². The van der Waals surface area contributed by atoms with Gasteiger partial charge in [-0.15, -0.1) is 0 Å². The summed E-state index contributed by atoms with van der Waals surface area (Å²) in [5, 5.41) is 42.3. The zero-order chi connectivity index (χ0) is 27.8. The van der Waals surface area contributed by atoms with E-state index in [9.17, 15) is 25.2 Å². The molecule has 0 aromatic heterocycles. The average Bonchev–Trinajstić information content (AvgIpc) is 2.77. The number of ether oxygens (including phenoxy) is 3. The second-order valence-electron chi connectivity index (χ2n) is 12.0. The molecule has 0 amide bonds. The minimum atomic E-state index is -1.37. The van der Waals surface area contributed by atoms with Gasteiger partial charge in [-0.25, -0.2) is 0 Å². The first-order valence-corrected chi connectivity index (χ1v) is 13.3. The number of rotatable bonds is 16. The van der Waals surface area contributed by atoms with E-state index >= 15 is 0 Å². The van der Waals surface area contributed by atoms with E-state index in [0.29, 0.717) is 25.8 Å². The largest absolute Gasteiger partial charge is 0.390 e. The average molecular weight is 520 g/mol. The lowest BCUT2D eigenvalue weighted by Crippen LogP contribution is -2.54. The molecule has 0 aromatic carbocycles. The predicted molar refractivity (Wildman–Crippen MR) is 138 cm³/mol. The molecule has 1 aliphatic rings. The van der Waals surface area contributed by atoms with Crippen molar-refractivity contribution in [2.24, 2.45) is 23.7 Å². The third-order valence-corrected chi connectivity index (χ3v) is 7.65. The molecular formula is C27H53NO8. The zero-order valence-electron chi connectivity index (χ0n) is 23.9. The fourth-order valence-electron chi connectivity index (χ4n) is 5.53. The minimum absolute atomic E-state index is 0.0301. The van der Waals surface area contributed by atoms with Crippen LogP contribution in [0.25, 0.3) is 0 Å². The first-order valence-electron chi connectivity index (χ1n) is 13.3. The maximum atomic E-state index is 11.6. The Hall–Kier alpha value is -0.650. The standard InChI is InChI=1S/C27H53NO8/c1-17(13-28(8)21(5)25(31)27(7,33)16-34-9)11-26(6,32)12-19(3)24(20(4)14-29)36-23-10-18(2)22(30)15-35-23/h14,17-25,30-33H,10-13,15-16H2,1-9H3/t17-,18?,19-,20+,21?,22+,23+,24+,25?,26-,27-/m1/s1. The predicted octanol–water partition coefficient (Wildman–Crippen LogP) is 1.83. The van der Waals surface area contributed by atoms with Gasteiger partial charge in [0.05, 0.1) is 37.1 Å². The Kier molecular flexibility index (Phi) is 13.4. The van der Waals surface area contributed by atoms with Crippen molar-refractivity contribution in [3.05, 3.63) is 0 Å².